The van der Waals surface area contributed by atoms with Gasteiger partial charge in [0.2, 0.25) is 0 Å². The van der Waals surface area contributed by atoms with Crippen LogP contribution in [0.5, 0.6) is 0 Å². The molecule has 0 saturated heterocycles. The Kier molecular flexibility index (Phi) is 4.79. The van der Waals surface area contributed by atoms with E-state index in [1.54, 1.807) is 24.0 Å². The van der Waals surface area contributed by atoms with Crippen LogP contribution in [0.2, 0.25) is 0 Å². The quantitative estimate of drug-likeness (QED) is 0.746. The van der Waals surface area contributed by atoms with Crippen molar-refractivity contribution in [3.05, 3.63) is 65.5 Å². The summed E-state index contributed by atoms with van der Waals surface area (Å²) < 4.78 is 7.50. The van der Waals surface area contributed by atoms with Crippen LogP contribution in [-0.4, -0.2) is 26.9 Å². The molecule has 6 nitrogen and oxygen atoms in total. The number of hydrogen-bond donors (Lipinski definition) is 1. The first-order chi connectivity index (χ1) is 12.8. The van der Waals surface area contributed by atoms with Gasteiger partial charge in [-0.15, -0.1) is 0 Å². The molecule has 0 aliphatic heterocycles. The SMILES string of the molecule is CSCc1ccc(C(=O)N[C@@H]2CCCc3c2cnn3-c2ccccn2)o1. The molecule has 0 fully saturated rings. The largest absolute Gasteiger partial charge is 0.455 e. The number of amides is 1. The van der Waals surface area contributed by atoms with E-state index >= 15 is 0 Å². The number of aromatic nitrogens is 3. The summed E-state index contributed by atoms with van der Waals surface area (Å²) in [6, 6.07) is 9.31. The number of furan rings is 1. The Morgan fingerprint density at radius 2 is 2.31 bits per heavy atom. The van der Waals surface area contributed by atoms with Gasteiger partial charge in [-0.25, -0.2) is 9.67 Å². The van der Waals surface area contributed by atoms with E-state index in [4.69, 9.17) is 4.42 Å². The molecule has 7 heteroatoms. The van der Waals surface area contributed by atoms with Crippen molar-refractivity contribution in [1.82, 2.24) is 20.1 Å². The third-order valence-electron chi connectivity index (χ3n) is 4.53. The van der Waals surface area contributed by atoms with Crippen LogP contribution in [0.25, 0.3) is 5.82 Å². The molecule has 3 aromatic rings. The Morgan fingerprint density at radius 3 is 3.12 bits per heavy atom. The monoisotopic (exact) mass is 368 g/mol. The summed E-state index contributed by atoms with van der Waals surface area (Å²) >= 11 is 1.66. The number of carbonyl (C=O) groups is 1. The summed E-state index contributed by atoms with van der Waals surface area (Å²) in [4.78, 5) is 16.9. The number of nitrogens with zero attached hydrogens (tertiary/aromatic N) is 3. The fourth-order valence-electron chi connectivity index (χ4n) is 3.33. The average molecular weight is 368 g/mol. The molecule has 0 saturated carbocycles. The lowest BCUT2D eigenvalue weighted by Gasteiger charge is -2.23. The highest BCUT2D eigenvalue weighted by Gasteiger charge is 2.27. The molecule has 3 heterocycles. The second kappa shape index (κ2) is 7.37. The second-order valence-electron chi connectivity index (χ2n) is 6.26. The molecule has 1 atom stereocenters. The number of nitrogens with one attached hydrogen (secondary N) is 1. The Morgan fingerprint density at radius 1 is 1.38 bits per heavy atom. The summed E-state index contributed by atoms with van der Waals surface area (Å²) in [7, 11) is 0. The Labute approximate surface area is 156 Å². The van der Waals surface area contributed by atoms with Crippen LogP contribution in [0.1, 0.15) is 46.5 Å². The van der Waals surface area contributed by atoms with E-state index in [0.29, 0.717) is 5.76 Å². The van der Waals surface area contributed by atoms with Crippen molar-refractivity contribution in [3.8, 4) is 5.82 Å². The van der Waals surface area contributed by atoms with Crippen LogP contribution in [0.4, 0.5) is 0 Å². The van der Waals surface area contributed by atoms with Crippen LogP contribution in [0.3, 0.4) is 0 Å². The lowest BCUT2D eigenvalue weighted by molar-refractivity contribution is 0.0903. The molecule has 1 N–H and O–H groups in total. The summed E-state index contributed by atoms with van der Waals surface area (Å²) in [5, 5.41) is 7.60. The maximum Gasteiger partial charge on any atom is 0.287 e. The van der Waals surface area contributed by atoms with Gasteiger partial charge in [0.15, 0.2) is 11.6 Å². The molecule has 0 radical (unpaired) electrons. The molecule has 1 aliphatic carbocycles. The third kappa shape index (κ3) is 3.26. The van der Waals surface area contributed by atoms with Crippen molar-refractivity contribution in [2.24, 2.45) is 0 Å². The summed E-state index contributed by atoms with van der Waals surface area (Å²) in [6.07, 6.45) is 8.42. The van der Waals surface area contributed by atoms with Crippen molar-refractivity contribution in [1.29, 1.82) is 0 Å². The molecule has 1 amide bonds. The van der Waals surface area contributed by atoms with Gasteiger partial charge in [0.1, 0.15) is 5.76 Å². The van der Waals surface area contributed by atoms with E-state index in [1.807, 2.05) is 41.4 Å². The molecule has 26 heavy (non-hydrogen) atoms. The minimum Gasteiger partial charge on any atom is -0.455 e. The molecule has 0 spiro atoms. The van der Waals surface area contributed by atoms with E-state index in [1.165, 1.54) is 0 Å². The van der Waals surface area contributed by atoms with Crippen LogP contribution < -0.4 is 5.32 Å². The molecule has 4 rings (SSSR count). The molecule has 134 valence electrons. The van der Waals surface area contributed by atoms with Crippen molar-refractivity contribution < 1.29 is 9.21 Å². The van der Waals surface area contributed by atoms with Crippen LogP contribution in [-0.2, 0) is 12.2 Å². The van der Waals surface area contributed by atoms with E-state index in [2.05, 4.69) is 15.4 Å². The van der Waals surface area contributed by atoms with Gasteiger partial charge >= 0.3 is 0 Å². The number of fused-ring (bicyclic) bond motifs is 1. The maximum absolute atomic E-state index is 12.6. The number of thioether (sulfide) groups is 1. The van der Waals surface area contributed by atoms with E-state index < -0.39 is 0 Å². The topological polar surface area (TPSA) is 73.0 Å². The van der Waals surface area contributed by atoms with Gasteiger partial charge in [0, 0.05) is 11.8 Å². The lowest BCUT2D eigenvalue weighted by atomic mass is 9.93. The molecular formula is C19H20N4O2S. The summed E-state index contributed by atoms with van der Waals surface area (Å²) in [6.45, 7) is 0. The zero-order chi connectivity index (χ0) is 17.9. The summed E-state index contributed by atoms with van der Waals surface area (Å²) in [5.41, 5.74) is 2.17. The van der Waals surface area contributed by atoms with Gasteiger partial charge < -0.3 is 9.73 Å². The standard InChI is InChI=1S/C19H20N4O2S/c1-26-12-13-8-9-17(25-13)19(24)22-15-5-4-6-16-14(15)11-21-23(16)18-7-2-3-10-20-18/h2-3,7-11,15H,4-6,12H2,1H3,(H,22,24)/t15-/m1/s1. The fraction of sp³-hybridized carbons (Fsp3) is 0.316. The van der Waals surface area contributed by atoms with Crippen LogP contribution in [0.15, 0.2) is 47.1 Å². The number of carbonyl (C=O) groups excluding carboxylic acids is 1. The zero-order valence-corrected chi connectivity index (χ0v) is 15.3. The van der Waals surface area contributed by atoms with Crippen molar-refractivity contribution >= 4 is 17.7 Å². The summed E-state index contributed by atoms with van der Waals surface area (Å²) in [5.74, 6) is 2.56. The smallest absolute Gasteiger partial charge is 0.287 e. The van der Waals surface area contributed by atoms with E-state index in [9.17, 15) is 4.79 Å². The second-order valence-corrected chi connectivity index (χ2v) is 7.13. The highest BCUT2D eigenvalue weighted by atomic mass is 32.2. The van der Waals surface area contributed by atoms with Gasteiger partial charge in [-0.1, -0.05) is 6.07 Å². The van der Waals surface area contributed by atoms with E-state index in [0.717, 1.165) is 47.9 Å². The van der Waals surface area contributed by atoms with Gasteiger partial charge in [-0.05, 0) is 49.8 Å². The Balaban J connectivity index is 1.55. The predicted octanol–water partition coefficient (Wildman–Crippen LogP) is 3.53. The minimum absolute atomic E-state index is 0.0576. The van der Waals surface area contributed by atoms with Gasteiger partial charge in [-0.3, -0.25) is 4.79 Å². The first kappa shape index (κ1) is 16.9. The first-order valence-electron chi connectivity index (χ1n) is 8.63. The third-order valence-corrected chi connectivity index (χ3v) is 5.10. The van der Waals surface area contributed by atoms with Gasteiger partial charge in [0.25, 0.3) is 5.91 Å². The molecule has 3 aromatic heterocycles. The Hall–Kier alpha value is -2.54. The van der Waals surface area contributed by atoms with Crippen LogP contribution in [0, 0.1) is 0 Å². The maximum atomic E-state index is 12.6. The minimum atomic E-state index is -0.180. The van der Waals surface area contributed by atoms with Crippen molar-refractivity contribution in [2.45, 2.75) is 31.1 Å². The van der Waals surface area contributed by atoms with Crippen molar-refractivity contribution in [2.75, 3.05) is 6.26 Å². The van der Waals surface area contributed by atoms with Crippen molar-refractivity contribution in [3.63, 3.8) is 0 Å². The van der Waals surface area contributed by atoms with E-state index in [-0.39, 0.29) is 11.9 Å². The van der Waals surface area contributed by atoms with Gasteiger partial charge in [-0.2, -0.15) is 16.9 Å². The highest BCUT2D eigenvalue weighted by molar-refractivity contribution is 7.97. The zero-order valence-electron chi connectivity index (χ0n) is 14.5. The highest BCUT2D eigenvalue weighted by Crippen LogP contribution is 2.31. The molecule has 0 unspecified atom stereocenters. The first-order valence-corrected chi connectivity index (χ1v) is 10.0. The number of rotatable bonds is 5. The lowest BCUT2D eigenvalue weighted by Crippen LogP contribution is -2.30. The van der Waals surface area contributed by atoms with Gasteiger partial charge in [0.05, 0.1) is 23.7 Å². The molecule has 0 bridgehead atoms. The number of hydrogen-bond acceptors (Lipinski definition) is 5. The van der Waals surface area contributed by atoms with Crippen LogP contribution >= 0.6 is 11.8 Å². The number of pyridine rings is 1. The fourth-order valence-corrected chi connectivity index (χ4v) is 3.77. The normalized spacial score (nSPS) is 16.3. The Bertz CT molecular complexity index is 903. The molecule has 1 aliphatic rings. The molecule has 0 aromatic carbocycles. The molecular weight excluding hydrogens is 348 g/mol. The predicted molar refractivity (Wildman–Crippen MR) is 100 cm³/mol. The average Bonchev–Trinajstić information content (AvgIpc) is 3.30.